The van der Waals surface area contributed by atoms with Crippen LogP contribution in [-0.4, -0.2) is 34.9 Å². The van der Waals surface area contributed by atoms with Gasteiger partial charge in [-0.05, 0) is 26.9 Å². The van der Waals surface area contributed by atoms with Crippen molar-refractivity contribution in [2.45, 2.75) is 30.9 Å². The maximum absolute atomic E-state index is 11.3. The summed E-state index contributed by atoms with van der Waals surface area (Å²) in [5, 5.41) is 8.54. The Labute approximate surface area is 183 Å². The molecule has 6 nitrogen and oxygen atoms in total. The predicted octanol–water partition coefficient (Wildman–Crippen LogP) is 6.64. The number of thiophene rings is 1. The first-order chi connectivity index (χ1) is 13.5. The molecule has 0 spiro atoms. The molecule has 1 unspecified atom stereocenters. The highest BCUT2D eigenvalue weighted by atomic mass is 127. The number of aromatic nitrogens is 5. The summed E-state index contributed by atoms with van der Waals surface area (Å²) in [4.78, 5) is 14.8. The lowest BCUT2D eigenvalue weighted by Gasteiger charge is -2.25. The van der Waals surface area contributed by atoms with E-state index in [1.807, 2.05) is 23.0 Å². The van der Waals surface area contributed by atoms with Crippen LogP contribution in [0.3, 0.4) is 0 Å². The largest absolute Gasteiger partial charge is 0.337 e. The van der Waals surface area contributed by atoms with Gasteiger partial charge in [-0.1, -0.05) is 13.3 Å². The molecule has 0 amide bonds. The third-order valence-electron chi connectivity index (χ3n) is 4.77. The molecule has 28 heavy (non-hydrogen) atoms. The van der Waals surface area contributed by atoms with Gasteiger partial charge in [0.05, 0.1) is 17.2 Å². The van der Waals surface area contributed by atoms with Crippen molar-refractivity contribution in [2.24, 2.45) is 0 Å². The van der Waals surface area contributed by atoms with Crippen molar-refractivity contribution in [1.82, 2.24) is 24.6 Å². The molecular weight excluding hydrogens is 525 g/mol. The fourth-order valence-corrected chi connectivity index (χ4v) is 9.58. The molecule has 2 N–H and O–H groups in total. The van der Waals surface area contributed by atoms with Gasteiger partial charge in [-0.15, -0.1) is 22.7 Å². The standard InChI is InChI=1S/C18H18IN5OS3/c1-3-4-7-28(19,25)18-15-14-11(13-9-21-10(2)24(13)23-15)8-12(22-17(14)27-18)16-20-5-6-26-16/h5-6,8-9,23,25H,3-4,7H2,1-2H3. The molecule has 0 aliphatic rings. The number of hydrogen-bond donors (Lipinski definition) is 2. The second-order valence-corrected chi connectivity index (χ2v) is 15.2. The highest BCUT2D eigenvalue weighted by Gasteiger charge is 2.28. The van der Waals surface area contributed by atoms with Gasteiger partial charge in [0.2, 0.25) is 0 Å². The zero-order valence-electron chi connectivity index (χ0n) is 15.3. The molecule has 0 aliphatic heterocycles. The van der Waals surface area contributed by atoms with E-state index in [4.69, 9.17) is 4.98 Å². The van der Waals surface area contributed by atoms with Crippen molar-refractivity contribution in [2.75, 3.05) is 5.75 Å². The van der Waals surface area contributed by atoms with Crippen LogP contribution < -0.4 is 0 Å². The minimum absolute atomic E-state index is 0.788. The monoisotopic (exact) mass is 543 g/mol. The number of aromatic amines is 1. The molecule has 0 fully saturated rings. The Kier molecular flexibility index (Phi) is 4.66. The van der Waals surface area contributed by atoms with Crippen LogP contribution >= 0.6 is 51.4 Å². The maximum atomic E-state index is 11.3. The zero-order chi connectivity index (χ0) is 19.5. The van der Waals surface area contributed by atoms with Crippen molar-refractivity contribution >= 4 is 78.0 Å². The number of aryl methyl sites for hydroxylation is 1. The van der Waals surface area contributed by atoms with E-state index in [9.17, 15) is 4.55 Å². The number of fused-ring (bicyclic) bond motifs is 2. The van der Waals surface area contributed by atoms with Gasteiger partial charge >= 0.3 is 0 Å². The first kappa shape index (κ1) is 18.8. The van der Waals surface area contributed by atoms with E-state index in [1.165, 1.54) is 0 Å². The third-order valence-corrected chi connectivity index (χ3v) is 12.7. The van der Waals surface area contributed by atoms with Gasteiger partial charge in [-0.3, -0.25) is 5.10 Å². The lowest BCUT2D eigenvalue weighted by molar-refractivity contribution is 0.641. The molecule has 10 heteroatoms. The predicted molar refractivity (Wildman–Crippen MR) is 128 cm³/mol. The number of nitrogens with zero attached hydrogens (tertiary/aromatic N) is 4. The first-order valence-electron chi connectivity index (χ1n) is 8.92. The topological polar surface area (TPSA) is 79.1 Å². The molecule has 0 saturated carbocycles. The van der Waals surface area contributed by atoms with E-state index in [2.05, 4.69) is 49.3 Å². The van der Waals surface area contributed by atoms with Crippen LogP contribution in [-0.2, 0) is 0 Å². The van der Waals surface area contributed by atoms with Gasteiger partial charge in [0.1, 0.15) is 25.6 Å². The Morgan fingerprint density at radius 2 is 2.21 bits per heavy atom. The highest BCUT2D eigenvalue weighted by molar-refractivity contribution is 14.2. The van der Waals surface area contributed by atoms with E-state index in [0.717, 1.165) is 66.0 Å². The number of hydrogen-bond acceptors (Lipinski definition) is 6. The summed E-state index contributed by atoms with van der Waals surface area (Å²) in [5.74, 6) is 1.68. The minimum Gasteiger partial charge on any atom is -0.337 e. The fraction of sp³-hybridized carbons (Fsp3) is 0.278. The van der Waals surface area contributed by atoms with Crippen molar-refractivity contribution in [3.63, 3.8) is 0 Å². The Balaban J connectivity index is 1.88. The summed E-state index contributed by atoms with van der Waals surface area (Å²) in [6.45, 7) is 4.13. The SMILES string of the molecule is CCCCS(O)(I)c1sc2nc(-c3nccs3)cc3c2c1[nH]n1c(C)ncc31. The van der Waals surface area contributed by atoms with Crippen molar-refractivity contribution in [3.05, 3.63) is 29.7 Å². The van der Waals surface area contributed by atoms with Gasteiger partial charge in [0, 0.05) is 49.3 Å². The van der Waals surface area contributed by atoms with Crippen molar-refractivity contribution in [1.29, 1.82) is 0 Å². The summed E-state index contributed by atoms with van der Waals surface area (Å²) >= 11 is 5.44. The lowest BCUT2D eigenvalue weighted by Crippen LogP contribution is -2.00. The van der Waals surface area contributed by atoms with Crippen LogP contribution in [0.5, 0.6) is 0 Å². The fourth-order valence-electron chi connectivity index (χ4n) is 3.38. The summed E-state index contributed by atoms with van der Waals surface area (Å²) in [7, 11) is -1.94. The molecule has 0 bridgehead atoms. The van der Waals surface area contributed by atoms with Gasteiger partial charge in [-0.25, -0.2) is 19.5 Å². The van der Waals surface area contributed by atoms with Crippen LogP contribution in [0.2, 0.25) is 0 Å². The smallest absolute Gasteiger partial charge is 0.141 e. The Bertz CT molecular complexity index is 1300. The normalized spacial score (nSPS) is 15.6. The summed E-state index contributed by atoms with van der Waals surface area (Å²) < 4.78 is 14.3. The second-order valence-electron chi connectivity index (χ2n) is 6.65. The Morgan fingerprint density at radius 3 is 2.96 bits per heavy atom. The molecule has 5 heterocycles. The molecule has 5 aromatic heterocycles. The molecular formula is C18H18IN5OS3. The van der Waals surface area contributed by atoms with Crippen LogP contribution in [0.1, 0.15) is 25.6 Å². The summed E-state index contributed by atoms with van der Waals surface area (Å²) in [6, 6.07) is 2.10. The molecule has 5 aromatic rings. The maximum Gasteiger partial charge on any atom is 0.141 e. The molecule has 0 aliphatic carbocycles. The molecule has 5 rings (SSSR count). The van der Waals surface area contributed by atoms with Crippen LogP contribution in [0.4, 0.5) is 0 Å². The molecule has 146 valence electrons. The van der Waals surface area contributed by atoms with Crippen LogP contribution in [0, 0.1) is 6.92 Å². The molecule has 0 radical (unpaired) electrons. The number of thiazole rings is 1. The third kappa shape index (κ3) is 2.88. The quantitative estimate of drug-likeness (QED) is 0.244. The number of unbranched alkanes of at least 4 members (excludes halogenated alkanes) is 1. The number of rotatable bonds is 5. The lowest BCUT2D eigenvalue weighted by atomic mass is 10.1. The van der Waals surface area contributed by atoms with E-state index < -0.39 is 7.48 Å². The summed E-state index contributed by atoms with van der Waals surface area (Å²) in [6.07, 6.45) is 5.76. The van der Waals surface area contributed by atoms with Gasteiger partial charge in [0.25, 0.3) is 0 Å². The first-order valence-corrected chi connectivity index (χ1v) is 14.9. The molecule has 0 saturated heterocycles. The van der Waals surface area contributed by atoms with Crippen LogP contribution in [0.15, 0.2) is 28.0 Å². The number of H-pyrrole nitrogens is 1. The summed E-state index contributed by atoms with van der Waals surface area (Å²) in [5.41, 5.74) is 2.86. The Morgan fingerprint density at radius 1 is 1.36 bits per heavy atom. The minimum atomic E-state index is -1.94. The van der Waals surface area contributed by atoms with Crippen molar-refractivity contribution < 1.29 is 4.55 Å². The number of nitrogens with one attached hydrogen (secondary N) is 1. The van der Waals surface area contributed by atoms with Gasteiger partial charge in [0.15, 0.2) is 0 Å². The molecule has 0 aromatic carbocycles. The van der Waals surface area contributed by atoms with Gasteiger partial charge in [-0.2, -0.15) is 0 Å². The number of pyridine rings is 1. The van der Waals surface area contributed by atoms with E-state index >= 15 is 0 Å². The van der Waals surface area contributed by atoms with E-state index in [1.54, 1.807) is 28.9 Å². The second kappa shape index (κ2) is 6.94. The number of imidazole rings is 1. The van der Waals surface area contributed by atoms with Crippen LogP contribution in [0.25, 0.3) is 37.3 Å². The highest BCUT2D eigenvalue weighted by Crippen LogP contribution is 2.65. The number of halogens is 1. The molecule has 1 atom stereocenters. The van der Waals surface area contributed by atoms with Gasteiger partial charge < -0.3 is 4.55 Å². The average molecular weight is 543 g/mol. The average Bonchev–Trinajstić information content (AvgIpc) is 3.41. The van der Waals surface area contributed by atoms with Crippen molar-refractivity contribution in [3.8, 4) is 10.7 Å². The van der Waals surface area contributed by atoms with E-state index in [-0.39, 0.29) is 0 Å². The Hall–Kier alpha value is -1.21. The van der Waals surface area contributed by atoms with E-state index in [0.29, 0.717) is 0 Å². The zero-order valence-corrected chi connectivity index (χ0v) is 19.9.